The van der Waals surface area contributed by atoms with Crippen LogP contribution in [0.3, 0.4) is 0 Å². The molecule has 1 N–H and O–H groups in total. The Kier molecular flexibility index (Phi) is 5.97. The van der Waals surface area contributed by atoms with Gasteiger partial charge in [0.1, 0.15) is 6.10 Å². The third-order valence-corrected chi connectivity index (χ3v) is 3.96. The van der Waals surface area contributed by atoms with Crippen molar-refractivity contribution in [2.45, 2.75) is 26.2 Å². The summed E-state index contributed by atoms with van der Waals surface area (Å²) in [6.07, 6.45) is -0.873. The second kappa shape index (κ2) is 7.55. The first-order chi connectivity index (χ1) is 10.2. The van der Waals surface area contributed by atoms with Crippen molar-refractivity contribution in [3.05, 3.63) is 70.3 Å². The van der Waals surface area contributed by atoms with E-state index in [-0.39, 0.29) is 30.3 Å². The highest BCUT2D eigenvalue weighted by molar-refractivity contribution is 14.0. The molecule has 1 unspecified atom stereocenters. The first-order valence-corrected chi connectivity index (χ1v) is 7.24. The Labute approximate surface area is 148 Å². The number of ether oxygens (including phenoxy) is 2. The molecule has 0 aliphatic carbocycles. The van der Waals surface area contributed by atoms with Gasteiger partial charge in [-0.15, -0.1) is 24.0 Å². The summed E-state index contributed by atoms with van der Waals surface area (Å²) in [6.45, 7) is 5.33. The van der Waals surface area contributed by atoms with Crippen molar-refractivity contribution in [3.63, 3.8) is 0 Å². The molecular weight excluding hydrogens is 391 g/mol. The lowest BCUT2D eigenvalue weighted by Gasteiger charge is -2.18. The van der Waals surface area contributed by atoms with Crippen LogP contribution in [0.25, 0.3) is 0 Å². The fourth-order valence-electron chi connectivity index (χ4n) is 2.81. The summed E-state index contributed by atoms with van der Waals surface area (Å²) >= 11 is 0. The molecule has 0 amide bonds. The van der Waals surface area contributed by atoms with Crippen molar-refractivity contribution in [1.82, 2.24) is 0 Å². The zero-order valence-electron chi connectivity index (χ0n) is 12.8. The first-order valence-electron chi connectivity index (χ1n) is 7.24. The van der Waals surface area contributed by atoms with Crippen molar-refractivity contribution < 1.29 is 14.6 Å². The fraction of sp³-hybridized carbons (Fsp3) is 0.333. The Morgan fingerprint density at radius 1 is 0.955 bits per heavy atom. The van der Waals surface area contributed by atoms with E-state index in [2.05, 4.69) is 0 Å². The van der Waals surface area contributed by atoms with Crippen molar-refractivity contribution in [1.29, 1.82) is 0 Å². The topological polar surface area (TPSA) is 38.7 Å². The lowest BCUT2D eigenvalue weighted by Crippen LogP contribution is -2.05. The van der Waals surface area contributed by atoms with Crippen LogP contribution in [0.2, 0.25) is 0 Å². The Hall–Kier alpha value is -0.950. The number of halogens is 1. The van der Waals surface area contributed by atoms with Gasteiger partial charge in [0, 0.05) is 5.56 Å². The highest BCUT2D eigenvalue weighted by Gasteiger charge is 2.19. The standard InChI is InChI=1S/C18H20O3.HI/c1-12-4-3-5-13(2)16(12)17(19)14-6-8-15(9-7-14)18-20-10-11-21-18;/h3-9,17-19H,10-11H2,1-2H3;1H. The molecule has 1 heterocycles. The molecule has 22 heavy (non-hydrogen) atoms. The van der Waals surface area contributed by atoms with Crippen LogP contribution in [-0.2, 0) is 9.47 Å². The monoisotopic (exact) mass is 412 g/mol. The number of aliphatic hydroxyl groups is 1. The molecule has 3 nitrogen and oxygen atoms in total. The largest absolute Gasteiger partial charge is 0.384 e. The summed E-state index contributed by atoms with van der Waals surface area (Å²) in [4.78, 5) is 0. The molecule has 0 spiro atoms. The van der Waals surface area contributed by atoms with Crippen LogP contribution in [0, 0.1) is 13.8 Å². The molecule has 3 rings (SSSR count). The van der Waals surface area contributed by atoms with Crippen molar-refractivity contribution in [2.75, 3.05) is 13.2 Å². The van der Waals surface area contributed by atoms with Gasteiger partial charge in [0.15, 0.2) is 6.29 Å². The lowest BCUT2D eigenvalue weighted by atomic mass is 9.93. The highest BCUT2D eigenvalue weighted by atomic mass is 127. The average Bonchev–Trinajstić information content (AvgIpc) is 3.01. The highest BCUT2D eigenvalue weighted by Crippen LogP contribution is 2.29. The van der Waals surface area contributed by atoms with Crippen LogP contribution >= 0.6 is 24.0 Å². The van der Waals surface area contributed by atoms with E-state index in [1.807, 2.05) is 56.3 Å². The molecule has 0 bridgehead atoms. The predicted octanol–water partition coefficient (Wildman–Crippen LogP) is 4.05. The minimum absolute atomic E-state index is 0. The molecule has 0 radical (unpaired) electrons. The number of aryl methyl sites for hydroxylation is 2. The van der Waals surface area contributed by atoms with Crippen LogP contribution in [0.1, 0.15) is 40.2 Å². The average molecular weight is 412 g/mol. The number of aliphatic hydroxyl groups excluding tert-OH is 1. The molecule has 0 aromatic heterocycles. The molecule has 1 fully saturated rings. The quantitative estimate of drug-likeness (QED) is 0.774. The van der Waals surface area contributed by atoms with Crippen LogP contribution in [0.5, 0.6) is 0 Å². The maximum Gasteiger partial charge on any atom is 0.184 e. The zero-order valence-corrected chi connectivity index (χ0v) is 15.1. The molecule has 2 aromatic carbocycles. The van der Waals surface area contributed by atoms with Crippen LogP contribution < -0.4 is 0 Å². The molecule has 4 heteroatoms. The van der Waals surface area contributed by atoms with Gasteiger partial charge in [0.05, 0.1) is 13.2 Å². The van der Waals surface area contributed by atoms with E-state index in [1.165, 1.54) is 0 Å². The Bertz CT molecular complexity index is 598. The van der Waals surface area contributed by atoms with Gasteiger partial charge >= 0.3 is 0 Å². The van der Waals surface area contributed by atoms with Gasteiger partial charge in [-0.3, -0.25) is 0 Å². The summed E-state index contributed by atoms with van der Waals surface area (Å²) in [5.41, 5.74) is 5.07. The van der Waals surface area contributed by atoms with Gasteiger partial charge in [0.25, 0.3) is 0 Å². The second-order valence-corrected chi connectivity index (χ2v) is 5.45. The van der Waals surface area contributed by atoms with E-state index >= 15 is 0 Å². The van der Waals surface area contributed by atoms with Gasteiger partial charge in [-0.1, -0.05) is 42.5 Å². The maximum absolute atomic E-state index is 10.6. The summed E-state index contributed by atoms with van der Waals surface area (Å²) in [6, 6.07) is 13.9. The molecule has 1 saturated heterocycles. The van der Waals surface area contributed by atoms with Crippen molar-refractivity contribution in [2.24, 2.45) is 0 Å². The lowest BCUT2D eigenvalue weighted by molar-refractivity contribution is -0.0441. The molecule has 1 atom stereocenters. The summed E-state index contributed by atoms with van der Waals surface area (Å²) in [7, 11) is 0. The number of rotatable bonds is 3. The van der Waals surface area contributed by atoms with E-state index in [1.54, 1.807) is 0 Å². The minimum Gasteiger partial charge on any atom is -0.384 e. The van der Waals surface area contributed by atoms with Crippen LogP contribution in [0.4, 0.5) is 0 Å². The zero-order chi connectivity index (χ0) is 14.8. The van der Waals surface area contributed by atoms with Gasteiger partial charge < -0.3 is 14.6 Å². The van der Waals surface area contributed by atoms with Gasteiger partial charge in [-0.25, -0.2) is 0 Å². The minimum atomic E-state index is -0.606. The van der Waals surface area contributed by atoms with Crippen LogP contribution in [-0.4, -0.2) is 18.3 Å². The number of benzene rings is 2. The van der Waals surface area contributed by atoms with E-state index in [9.17, 15) is 5.11 Å². The van der Waals surface area contributed by atoms with Gasteiger partial charge in [-0.2, -0.15) is 0 Å². The Balaban J connectivity index is 0.00000176. The third kappa shape index (κ3) is 3.51. The van der Waals surface area contributed by atoms with E-state index < -0.39 is 6.10 Å². The third-order valence-electron chi connectivity index (χ3n) is 3.96. The number of hydrogen-bond acceptors (Lipinski definition) is 3. The fourth-order valence-corrected chi connectivity index (χ4v) is 2.81. The molecular formula is C18H21IO3. The van der Waals surface area contributed by atoms with E-state index in [0.29, 0.717) is 13.2 Å². The van der Waals surface area contributed by atoms with Crippen LogP contribution in [0.15, 0.2) is 42.5 Å². The van der Waals surface area contributed by atoms with Gasteiger partial charge in [0.2, 0.25) is 0 Å². The molecule has 0 saturated carbocycles. The van der Waals surface area contributed by atoms with Gasteiger partial charge in [-0.05, 0) is 36.1 Å². The Morgan fingerprint density at radius 2 is 1.50 bits per heavy atom. The smallest absolute Gasteiger partial charge is 0.184 e. The van der Waals surface area contributed by atoms with E-state index in [4.69, 9.17) is 9.47 Å². The predicted molar refractivity (Wildman–Crippen MR) is 96.5 cm³/mol. The molecule has 1 aliphatic heterocycles. The summed E-state index contributed by atoms with van der Waals surface area (Å²) in [5.74, 6) is 0. The molecule has 1 aliphatic rings. The van der Waals surface area contributed by atoms with Crippen molar-refractivity contribution in [3.8, 4) is 0 Å². The van der Waals surface area contributed by atoms with Crippen molar-refractivity contribution >= 4 is 24.0 Å². The normalized spacial score (nSPS) is 16.3. The number of hydrogen-bond donors (Lipinski definition) is 1. The SMILES string of the molecule is Cc1cccc(C)c1C(O)c1ccc(C2OCCO2)cc1.I. The maximum atomic E-state index is 10.6. The Morgan fingerprint density at radius 3 is 2.05 bits per heavy atom. The second-order valence-electron chi connectivity index (χ2n) is 5.45. The summed E-state index contributed by atoms with van der Waals surface area (Å²) in [5, 5.41) is 10.6. The molecule has 2 aromatic rings. The molecule has 118 valence electrons. The summed E-state index contributed by atoms with van der Waals surface area (Å²) < 4.78 is 11.0. The van der Waals surface area contributed by atoms with E-state index in [0.717, 1.165) is 27.8 Å². The first kappa shape index (κ1) is 17.4.